The Bertz CT molecular complexity index is 695. The van der Waals surface area contributed by atoms with E-state index in [4.69, 9.17) is 0 Å². The van der Waals surface area contributed by atoms with Gasteiger partial charge in [0.05, 0.1) is 18.3 Å². The van der Waals surface area contributed by atoms with Crippen molar-refractivity contribution in [1.82, 2.24) is 15.6 Å². The van der Waals surface area contributed by atoms with Gasteiger partial charge in [0.2, 0.25) is 0 Å². The zero-order valence-electron chi connectivity index (χ0n) is 14.6. The van der Waals surface area contributed by atoms with Gasteiger partial charge in [0.1, 0.15) is 10.8 Å². The molecule has 4 nitrogen and oxygen atoms in total. The third kappa shape index (κ3) is 5.41. The average Bonchev–Trinajstić information content (AvgIpc) is 2.84. The van der Waals surface area contributed by atoms with Crippen LogP contribution >= 0.6 is 35.3 Å². The smallest absolute Gasteiger partial charge is 0.191 e. The van der Waals surface area contributed by atoms with Gasteiger partial charge in [-0.05, 0) is 44.9 Å². The number of aromatic nitrogens is 1. The molecule has 2 rings (SSSR count). The molecular weight excluding hydrogens is 438 g/mol. The van der Waals surface area contributed by atoms with Gasteiger partial charge in [0.25, 0.3) is 0 Å². The van der Waals surface area contributed by atoms with Crippen LogP contribution in [0.25, 0.3) is 0 Å². The van der Waals surface area contributed by atoms with Gasteiger partial charge in [0.15, 0.2) is 5.96 Å². The standard InChI is InChI=1S/C17H23FN4S.HI/c1-10-6-7-14(8-15(10)18)12(3)22-17(19-5)20-9-16-21-11(2)13(4)23-16;/h6-8,12H,9H2,1-5H3,(H2,19,20,22);1H. The zero-order chi connectivity index (χ0) is 17.0. The number of nitrogens with one attached hydrogen (secondary N) is 2. The number of rotatable bonds is 4. The SMILES string of the molecule is CN=C(NCc1nc(C)c(C)s1)NC(C)c1ccc(C)c(F)c1.I. The van der Waals surface area contributed by atoms with Crippen LogP contribution in [0, 0.1) is 26.6 Å². The molecule has 1 heterocycles. The fourth-order valence-corrected chi connectivity index (χ4v) is 3.01. The van der Waals surface area contributed by atoms with Gasteiger partial charge >= 0.3 is 0 Å². The van der Waals surface area contributed by atoms with Crippen LogP contribution in [0.5, 0.6) is 0 Å². The summed E-state index contributed by atoms with van der Waals surface area (Å²) in [5, 5.41) is 7.54. The molecular formula is C17H24FIN4S. The molecule has 1 atom stereocenters. The number of benzene rings is 1. The normalized spacial score (nSPS) is 12.5. The van der Waals surface area contributed by atoms with Crippen LogP contribution < -0.4 is 10.6 Å². The Morgan fingerprint density at radius 1 is 1.33 bits per heavy atom. The summed E-state index contributed by atoms with van der Waals surface area (Å²) in [4.78, 5) is 9.94. The number of nitrogens with zero attached hydrogens (tertiary/aromatic N) is 2. The van der Waals surface area contributed by atoms with Gasteiger partial charge in [-0.1, -0.05) is 12.1 Å². The zero-order valence-corrected chi connectivity index (χ0v) is 17.8. The quantitative estimate of drug-likeness (QED) is 0.406. The van der Waals surface area contributed by atoms with Crippen LogP contribution in [0.4, 0.5) is 4.39 Å². The summed E-state index contributed by atoms with van der Waals surface area (Å²) in [5.41, 5.74) is 2.60. The number of aliphatic imine (C=N–C) groups is 1. The minimum atomic E-state index is -0.187. The lowest BCUT2D eigenvalue weighted by Crippen LogP contribution is -2.38. The second-order valence-corrected chi connectivity index (χ2v) is 6.84. The van der Waals surface area contributed by atoms with Gasteiger partial charge in [-0.2, -0.15) is 0 Å². The third-order valence-electron chi connectivity index (χ3n) is 3.75. The first kappa shape index (κ1) is 20.8. The number of hydrogen-bond acceptors (Lipinski definition) is 3. The monoisotopic (exact) mass is 462 g/mol. The second-order valence-electron chi connectivity index (χ2n) is 5.55. The van der Waals surface area contributed by atoms with Gasteiger partial charge in [-0.25, -0.2) is 9.37 Å². The fraction of sp³-hybridized carbons (Fsp3) is 0.412. The highest BCUT2D eigenvalue weighted by atomic mass is 127. The van der Waals surface area contributed by atoms with Gasteiger partial charge in [0, 0.05) is 11.9 Å². The topological polar surface area (TPSA) is 49.3 Å². The number of guanidine groups is 1. The lowest BCUT2D eigenvalue weighted by atomic mass is 10.1. The molecule has 132 valence electrons. The Labute approximate surface area is 164 Å². The van der Waals surface area contributed by atoms with Crippen molar-refractivity contribution in [2.45, 2.75) is 40.3 Å². The first-order chi connectivity index (χ1) is 10.9. The van der Waals surface area contributed by atoms with Gasteiger partial charge in [-0.3, -0.25) is 4.99 Å². The maximum atomic E-state index is 13.7. The molecule has 0 spiro atoms. The summed E-state index contributed by atoms with van der Waals surface area (Å²) in [6, 6.07) is 5.24. The van der Waals surface area contributed by atoms with Crippen molar-refractivity contribution in [1.29, 1.82) is 0 Å². The Kier molecular flexibility index (Phi) is 8.08. The van der Waals surface area contributed by atoms with E-state index in [1.807, 2.05) is 19.9 Å². The molecule has 2 N–H and O–H groups in total. The van der Waals surface area contributed by atoms with Crippen molar-refractivity contribution in [3.63, 3.8) is 0 Å². The van der Waals surface area contributed by atoms with Crippen LogP contribution in [0.1, 0.15) is 39.7 Å². The molecule has 0 amide bonds. The maximum absolute atomic E-state index is 13.7. The largest absolute Gasteiger partial charge is 0.350 e. The van der Waals surface area contributed by atoms with Crippen molar-refractivity contribution in [2.75, 3.05) is 7.05 Å². The molecule has 0 aliphatic carbocycles. The summed E-state index contributed by atoms with van der Waals surface area (Å²) in [6.07, 6.45) is 0. The first-order valence-electron chi connectivity index (χ1n) is 7.57. The van der Waals surface area contributed by atoms with E-state index in [0.29, 0.717) is 18.1 Å². The molecule has 0 saturated carbocycles. The molecule has 7 heteroatoms. The lowest BCUT2D eigenvalue weighted by molar-refractivity contribution is 0.607. The molecule has 1 aromatic carbocycles. The van der Waals surface area contributed by atoms with Crippen LogP contribution in [0.15, 0.2) is 23.2 Å². The van der Waals surface area contributed by atoms with Crippen LogP contribution in [-0.2, 0) is 6.54 Å². The highest BCUT2D eigenvalue weighted by Gasteiger charge is 2.10. The summed E-state index contributed by atoms with van der Waals surface area (Å²) in [7, 11) is 1.72. The van der Waals surface area contributed by atoms with Crippen LogP contribution in [-0.4, -0.2) is 18.0 Å². The number of hydrogen-bond donors (Lipinski definition) is 2. The molecule has 1 unspecified atom stereocenters. The van der Waals surface area contributed by atoms with E-state index >= 15 is 0 Å². The van der Waals surface area contributed by atoms with Gasteiger partial charge in [-0.15, -0.1) is 35.3 Å². The summed E-state index contributed by atoms with van der Waals surface area (Å²) in [6.45, 7) is 8.44. The summed E-state index contributed by atoms with van der Waals surface area (Å²) in [5.74, 6) is 0.483. The summed E-state index contributed by atoms with van der Waals surface area (Å²) >= 11 is 1.68. The Hall–Kier alpha value is -1.22. The first-order valence-corrected chi connectivity index (χ1v) is 8.38. The molecule has 0 radical (unpaired) electrons. The summed E-state index contributed by atoms with van der Waals surface area (Å²) < 4.78 is 13.7. The van der Waals surface area contributed by atoms with Crippen molar-refractivity contribution >= 4 is 41.3 Å². The number of aryl methyl sites for hydroxylation is 3. The predicted octanol–water partition coefficient (Wildman–Crippen LogP) is 4.25. The van der Waals surface area contributed by atoms with E-state index in [9.17, 15) is 4.39 Å². The van der Waals surface area contributed by atoms with Crippen molar-refractivity contribution < 1.29 is 4.39 Å². The maximum Gasteiger partial charge on any atom is 0.191 e. The fourth-order valence-electron chi connectivity index (χ4n) is 2.14. The lowest BCUT2D eigenvalue weighted by Gasteiger charge is -2.18. The van der Waals surface area contributed by atoms with E-state index in [0.717, 1.165) is 16.3 Å². The number of halogens is 2. The highest BCUT2D eigenvalue weighted by molar-refractivity contribution is 14.0. The van der Waals surface area contributed by atoms with Gasteiger partial charge < -0.3 is 10.6 Å². The van der Waals surface area contributed by atoms with Crippen molar-refractivity contribution in [3.05, 3.63) is 50.7 Å². The van der Waals surface area contributed by atoms with Crippen molar-refractivity contribution in [3.8, 4) is 0 Å². The second kappa shape index (κ2) is 9.31. The minimum absolute atomic E-state index is 0. The average molecular weight is 462 g/mol. The number of thiazole rings is 1. The Morgan fingerprint density at radius 3 is 2.58 bits per heavy atom. The van der Waals surface area contributed by atoms with Crippen molar-refractivity contribution in [2.24, 2.45) is 4.99 Å². The molecule has 2 aromatic rings. The Balaban J connectivity index is 0.00000288. The molecule has 0 saturated heterocycles. The van der Waals surface area contributed by atoms with Crippen LogP contribution in [0.3, 0.4) is 0 Å². The van der Waals surface area contributed by atoms with E-state index in [2.05, 4.69) is 27.5 Å². The predicted molar refractivity (Wildman–Crippen MR) is 110 cm³/mol. The van der Waals surface area contributed by atoms with E-state index in [-0.39, 0.29) is 35.8 Å². The molecule has 1 aromatic heterocycles. The molecule has 0 fully saturated rings. The van der Waals surface area contributed by atoms with E-state index in [1.54, 1.807) is 37.4 Å². The Morgan fingerprint density at radius 2 is 2.04 bits per heavy atom. The third-order valence-corrected chi connectivity index (χ3v) is 4.83. The molecule has 0 aliphatic rings. The van der Waals surface area contributed by atoms with Crippen LogP contribution in [0.2, 0.25) is 0 Å². The van der Waals surface area contributed by atoms with E-state index in [1.165, 1.54) is 4.88 Å². The minimum Gasteiger partial charge on any atom is -0.350 e. The molecule has 24 heavy (non-hydrogen) atoms. The molecule has 0 bridgehead atoms. The van der Waals surface area contributed by atoms with E-state index < -0.39 is 0 Å². The highest BCUT2D eigenvalue weighted by Crippen LogP contribution is 2.17. The molecule has 0 aliphatic heterocycles.